The Morgan fingerprint density at radius 1 is 1.75 bits per heavy atom. The fourth-order valence-electron chi connectivity index (χ4n) is 1.40. The van der Waals surface area contributed by atoms with Crippen LogP contribution in [0.5, 0.6) is 0 Å². The Hall–Kier alpha value is -0.235. The van der Waals surface area contributed by atoms with Crippen molar-refractivity contribution in [1.82, 2.24) is 0 Å². The lowest BCUT2D eigenvalue weighted by Crippen LogP contribution is -2.10. The number of hydrogen-bond acceptors (Lipinski definition) is 1. The first-order valence-corrected chi connectivity index (χ1v) is 3.17. The maximum absolute atomic E-state index is 5.47. The Bertz CT molecular complexity index is 145. The van der Waals surface area contributed by atoms with Crippen LogP contribution in [0, 0.1) is 0 Å². The molecule has 0 saturated carbocycles. The van der Waals surface area contributed by atoms with E-state index >= 15 is 0 Å². The molecule has 0 N–H and O–H groups in total. The lowest BCUT2D eigenvalue weighted by Gasteiger charge is -2.05. The standard InChI is InChI=1S/C6H9BO/c7-5-4-6(5)2-1-3-8-6/h4H,1-3,7H2/t6-/m0/s1. The van der Waals surface area contributed by atoms with Crippen molar-refractivity contribution in [3.8, 4) is 0 Å². The Morgan fingerprint density at radius 2 is 2.50 bits per heavy atom. The van der Waals surface area contributed by atoms with Gasteiger partial charge in [0.05, 0.1) is 5.60 Å². The van der Waals surface area contributed by atoms with Crippen LogP contribution < -0.4 is 0 Å². The molecular formula is C6H9BO. The van der Waals surface area contributed by atoms with Crippen LogP contribution in [0.15, 0.2) is 11.5 Å². The summed E-state index contributed by atoms with van der Waals surface area (Å²) in [6.45, 7) is 0.966. The average molecular weight is 108 g/mol. The molecule has 8 heavy (non-hydrogen) atoms. The summed E-state index contributed by atoms with van der Waals surface area (Å²) in [7, 11) is 2.14. The molecule has 1 aliphatic heterocycles. The molecule has 1 heterocycles. The zero-order chi connectivity index (χ0) is 5.61. The highest BCUT2D eigenvalue weighted by Crippen LogP contribution is 2.43. The summed E-state index contributed by atoms with van der Waals surface area (Å²) in [5.74, 6) is 0. The molecule has 2 aliphatic rings. The Labute approximate surface area is 50.1 Å². The molecule has 1 fully saturated rings. The second-order valence-corrected chi connectivity index (χ2v) is 2.67. The van der Waals surface area contributed by atoms with E-state index in [9.17, 15) is 0 Å². The van der Waals surface area contributed by atoms with E-state index in [1.54, 1.807) is 0 Å². The van der Waals surface area contributed by atoms with Gasteiger partial charge in [0.15, 0.2) is 0 Å². The molecule has 2 rings (SSSR count). The largest absolute Gasteiger partial charge is 0.367 e. The zero-order valence-corrected chi connectivity index (χ0v) is 5.11. The number of ether oxygens (including phenoxy) is 1. The van der Waals surface area contributed by atoms with Crippen LogP contribution in [0.4, 0.5) is 0 Å². The zero-order valence-electron chi connectivity index (χ0n) is 5.11. The van der Waals surface area contributed by atoms with Gasteiger partial charge in [-0.05, 0) is 12.8 Å². The molecule has 0 aromatic carbocycles. The van der Waals surface area contributed by atoms with Gasteiger partial charge in [-0.25, -0.2) is 0 Å². The summed E-state index contributed by atoms with van der Waals surface area (Å²) in [5.41, 5.74) is 1.63. The van der Waals surface area contributed by atoms with Crippen molar-refractivity contribution in [3.05, 3.63) is 11.5 Å². The number of rotatable bonds is 0. The van der Waals surface area contributed by atoms with Crippen molar-refractivity contribution in [2.75, 3.05) is 6.61 Å². The predicted octanol–water partition coefficient (Wildman–Crippen LogP) is 0.0662. The molecule has 1 spiro atoms. The van der Waals surface area contributed by atoms with E-state index < -0.39 is 0 Å². The van der Waals surface area contributed by atoms with Gasteiger partial charge in [-0.3, -0.25) is 0 Å². The topological polar surface area (TPSA) is 9.23 Å². The smallest absolute Gasteiger partial charge is 0.137 e. The fraction of sp³-hybridized carbons (Fsp3) is 0.667. The molecule has 2 heteroatoms. The minimum Gasteiger partial charge on any atom is -0.367 e. The molecule has 0 unspecified atom stereocenters. The van der Waals surface area contributed by atoms with Crippen molar-refractivity contribution < 1.29 is 4.74 Å². The molecule has 42 valence electrons. The lowest BCUT2D eigenvalue weighted by molar-refractivity contribution is 0.110. The Balaban J connectivity index is 2.09. The van der Waals surface area contributed by atoms with Gasteiger partial charge in [0.2, 0.25) is 0 Å². The van der Waals surface area contributed by atoms with Crippen LogP contribution in [0.3, 0.4) is 0 Å². The Kier molecular flexibility index (Phi) is 0.686. The highest BCUT2D eigenvalue weighted by atomic mass is 16.5. The first-order chi connectivity index (χ1) is 3.83. The normalized spacial score (nSPS) is 42.8. The predicted molar refractivity (Wildman–Crippen MR) is 34.5 cm³/mol. The molecule has 1 aliphatic carbocycles. The summed E-state index contributed by atoms with van der Waals surface area (Å²) in [5, 5.41) is 0. The van der Waals surface area contributed by atoms with Crippen molar-refractivity contribution in [1.29, 1.82) is 0 Å². The molecule has 1 saturated heterocycles. The second kappa shape index (κ2) is 1.19. The molecular weight excluding hydrogens is 98.9 g/mol. The lowest BCUT2D eigenvalue weighted by atomic mass is 9.98. The van der Waals surface area contributed by atoms with E-state index in [2.05, 4.69) is 13.9 Å². The first-order valence-electron chi connectivity index (χ1n) is 3.17. The molecule has 0 radical (unpaired) electrons. The average Bonchev–Trinajstić information content (AvgIpc) is 2.29. The molecule has 0 amide bonds. The molecule has 0 bridgehead atoms. The maximum atomic E-state index is 5.47. The summed E-state index contributed by atoms with van der Waals surface area (Å²) >= 11 is 0. The van der Waals surface area contributed by atoms with Gasteiger partial charge in [0.1, 0.15) is 7.85 Å². The third kappa shape index (κ3) is 0.415. The fourth-order valence-corrected chi connectivity index (χ4v) is 1.40. The van der Waals surface area contributed by atoms with Gasteiger partial charge < -0.3 is 4.74 Å². The van der Waals surface area contributed by atoms with Crippen molar-refractivity contribution >= 4 is 7.85 Å². The maximum Gasteiger partial charge on any atom is 0.137 e. The third-order valence-electron chi connectivity index (χ3n) is 2.09. The monoisotopic (exact) mass is 108 g/mol. The summed E-state index contributed by atoms with van der Waals surface area (Å²) in [4.78, 5) is 0. The SMILES string of the molecule is BC1=C[C@@]12CCCO2. The van der Waals surface area contributed by atoms with E-state index in [1.807, 2.05) is 0 Å². The van der Waals surface area contributed by atoms with Crippen molar-refractivity contribution in [3.63, 3.8) is 0 Å². The van der Waals surface area contributed by atoms with Crippen LogP contribution in [-0.2, 0) is 4.74 Å². The quantitative estimate of drug-likeness (QED) is 0.399. The minimum atomic E-state index is 0.194. The van der Waals surface area contributed by atoms with E-state index in [-0.39, 0.29) is 5.60 Å². The summed E-state index contributed by atoms with van der Waals surface area (Å²) < 4.78 is 5.47. The van der Waals surface area contributed by atoms with Gasteiger partial charge in [-0.1, -0.05) is 11.5 Å². The third-order valence-corrected chi connectivity index (χ3v) is 2.09. The molecule has 0 aromatic rings. The molecule has 1 nitrogen and oxygen atoms in total. The summed E-state index contributed by atoms with van der Waals surface area (Å²) in [6, 6.07) is 0. The molecule has 1 atom stereocenters. The van der Waals surface area contributed by atoms with Crippen LogP contribution in [0.2, 0.25) is 0 Å². The summed E-state index contributed by atoms with van der Waals surface area (Å²) in [6.07, 6.45) is 4.70. The van der Waals surface area contributed by atoms with Gasteiger partial charge >= 0.3 is 0 Å². The molecule has 0 aromatic heterocycles. The van der Waals surface area contributed by atoms with Crippen molar-refractivity contribution in [2.45, 2.75) is 18.4 Å². The van der Waals surface area contributed by atoms with E-state index in [4.69, 9.17) is 4.74 Å². The van der Waals surface area contributed by atoms with E-state index in [0.717, 1.165) is 6.61 Å². The van der Waals surface area contributed by atoms with Crippen LogP contribution in [-0.4, -0.2) is 20.1 Å². The van der Waals surface area contributed by atoms with Crippen LogP contribution in [0.25, 0.3) is 0 Å². The van der Waals surface area contributed by atoms with Gasteiger partial charge in [-0.2, -0.15) is 0 Å². The number of hydrogen-bond donors (Lipinski definition) is 0. The van der Waals surface area contributed by atoms with Gasteiger partial charge in [0.25, 0.3) is 0 Å². The van der Waals surface area contributed by atoms with E-state index in [0.29, 0.717) is 0 Å². The first kappa shape index (κ1) is 4.63. The highest BCUT2D eigenvalue weighted by Gasteiger charge is 2.43. The minimum absolute atomic E-state index is 0.194. The van der Waals surface area contributed by atoms with E-state index in [1.165, 1.54) is 18.3 Å². The van der Waals surface area contributed by atoms with Crippen molar-refractivity contribution in [2.24, 2.45) is 0 Å². The van der Waals surface area contributed by atoms with Crippen LogP contribution in [0.1, 0.15) is 12.8 Å². The van der Waals surface area contributed by atoms with Gasteiger partial charge in [0, 0.05) is 6.61 Å². The van der Waals surface area contributed by atoms with Crippen LogP contribution >= 0.6 is 0 Å². The highest BCUT2D eigenvalue weighted by molar-refractivity contribution is 6.26. The second-order valence-electron chi connectivity index (χ2n) is 2.67. The Morgan fingerprint density at radius 3 is 2.75 bits per heavy atom. The van der Waals surface area contributed by atoms with Gasteiger partial charge in [-0.15, -0.1) is 0 Å².